The Balaban J connectivity index is 1.78. The molecule has 1 aliphatic heterocycles. The van der Waals surface area contributed by atoms with Gasteiger partial charge in [0.25, 0.3) is 0 Å². The number of nitrogens with zero attached hydrogens (tertiary/aromatic N) is 2. The fraction of sp³-hybridized carbons (Fsp3) is 0.188. The molecule has 1 aliphatic rings. The first-order valence-corrected chi connectivity index (χ1v) is 6.62. The second-order valence-electron chi connectivity index (χ2n) is 5.06. The van der Waals surface area contributed by atoms with Crippen molar-refractivity contribution < 1.29 is 9.13 Å². The van der Waals surface area contributed by atoms with E-state index in [9.17, 15) is 4.39 Å². The van der Waals surface area contributed by atoms with Crippen LogP contribution in [-0.4, -0.2) is 22.3 Å². The number of aromatic nitrogens is 2. The third-order valence-electron chi connectivity index (χ3n) is 3.60. The second-order valence-corrected chi connectivity index (χ2v) is 5.06. The molecule has 1 atom stereocenters. The van der Waals surface area contributed by atoms with Gasteiger partial charge in [0, 0.05) is 18.0 Å². The summed E-state index contributed by atoms with van der Waals surface area (Å²) in [5.41, 5.74) is 4.02. The minimum absolute atomic E-state index is 0.225. The van der Waals surface area contributed by atoms with Crippen LogP contribution in [0.3, 0.4) is 0 Å². The predicted octanol–water partition coefficient (Wildman–Crippen LogP) is 3.24. The van der Waals surface area contributed by atoms with E-state index in [4.69, 9.17) is 4.74 Å². The van der Waals surface area contributed by atoms with Crippen molar-refractivity contribution in [2.75, 3.05) is 6.61 Å². The Morgan fingerprint density at radius 2 is 2.00 bits per heavy atom. The van der Waals surface area contributed by atoms with Gasteiger partial charge in [-0.05, 0) is 29.8 Å². The highest BCUT2D eigenvalue weighted by atomic mass is 19.1. The molecule has 2 aromatic heterocycles. The topological polar surface area (TPSA) is 30.4 Å². The normalized spacial score (nSPS) is 17.6. The molecule has 1 fully saturated rings. The Bertz CT molecular complexity index is 760. The fourth-order valence-corrected chi connectivity index (χ4v) is 2.42. The Labute approximate surface area is 115 Å². The molecule has 4 rings (SSSR count). The van der Waals surface area contributed by atoms with Gasteiger partial charge in [0.2, 0.25) is 0 Å². The van der Waals surface area contributed by atoms with Crippen LogP contribution >= 0.6 is 0 Å². The molecule has 0 saturated carbocycles. The maximum atomic E-state index is 13.0. The molecule has 3 nitrogen and oxygen atoms in total. The van der Waals surface area contributed by atoms with E-state index in [0.717, 1.165) is 35.3 Å². The van der Waals surface area contributed by atoms with Crippen molar-refractivity contribution in [3.05, 3.63) is 54.6 Å². The van der Waals surface area contributed by atoms with Crippen molar-refractivity contribution in [2.45, 2.75) is 12.6 Å². The maximum Gasteiger partial charge on any atom is 0.123 e. The Morgan fingerprint density at radius 1 is 1.20 bits per heavy atom. The van der Waals surface area contributed by atoms with E-state index in [0.29, 0.717) is 6.10 Å². The summed E-state index contributed by atoms with van der Waals surface area (Å²) in [5.74, 6) is -0.225. The van der Waals surface area contributed by atoms with Crippen molar-refractivity contribution >= 4 is 11.0 Å². The average Bonchev–Trinajstić information content (AvgIpc) is 3.20. The van der Waals surface area contributed by atoms with Crippen molar-refractivity contribution in [2.24, 2.45) is 0 Å². The van der Waals surface area contributed by atoms with Gasteiger partial charge in [0.15, 0.2) is 0 Å². The van der Waals surface area contributed by atoms with Crippen molar-refractivity contribution in [3.63, 3.8) is 0 Å². The van der Waals surface area contributed by atoms with Gasteiger partial charge in [0.1, 0.15) is 5.82 Å². The van der Waals surface area contributed by atoms with E-state index in [-0.39, 0.29) is 5.82 Å². The third kappa shape index (κ3) is 2.08. The largest absolute Gasteiger partial charge is 0.371 e. The molecule has 100 valence electrons. The van der Waals surface area contributed by atoms with Crippen LogP contribution in [0.15, 0.2) is 48.8 Å². The van der Waals surface area contributed by atoms with Crippen LogP contribution in [0.25, 0.3) is 22.2 Å². The zero-order valence-corrected chi connectivity index (χ0v) is 10.8. The molecular weight excluding hydrogens is 255 g/mol. The lowest BCUT2D eigenvalue weighted by Gasteiger charge is -2.05. The lowest BCUT2D eigenvalue weighted by Crippen LogP contribution is -2.02. The van der Waals surface area contributed by atoms with Gasteiger partial charge in [-0.15, -0.1) is 0 Å². The number of pyridine rings is 1. The van der Waals surface area contributed by atoms with Crippen LogP contribution in [0.1, 0.15) is 0 Å². The molecule has 1 unspecified atom stereocenters. The van der Waals surface area contributed by atoms with Crippen molar-refractivity contribution in [1.29, 1.82) is 0 Å². The van der Waals surface area contributed by atoms with Crippen LogP contribution in [-0.2, 0) is 11.3 Å². The molecule has 0 spiro atoms. The van der Waals surface area contributed by atoms with Crippen LogP contribution in [0.4, 0.5) is 4.39 Å². The average molecular weight is 268 g/mol. The highest BCUT2D eigenvalue weighted by Crippen LogP contribution is 2.25. The predicted molar refractivity (Wildman–Crippen MR) is 74.9 cm³/mol. The number of rotatable bonds is 3. The highest BCUT2D eigenvalue weighted by molar-refractivity contribution is 5.81. The van der Waals surface area contributed by atoms with Gasteiger partial charge < -0.3 is 9.30 Å². The first-order valence-electron chi connectivity index (χ1n) is 6.62. The summed E-state index contributed by atoms with van der Waals surface area (Å²) < 4.78 is 20.4. The molecule has 1 aromatic carbocycles. The maximum absolute atomic E-state index is 13.0. The Kier molecular flexibility index (Phi) is 2.57. The molecule has 0 N–H and O–H groups in total. The number of epoxide rings is 1. The number of hydrogen-bond acceptors (Lipinski definition) is 2. The monoisotopic (exact) mass is 268 g/mol. The summed E-state index contributed by atoms with van der Waals surface area (Å²) in [5, 5.41) is 0. The molecule has 0 amide bonds. The summed E-state index contributed by atoms with van der Waals surface area (Å²) >= 11 is 0. The summed E-state index contributed by atoms with van der Waals surface area (Å²) in [7, 11) is 0. The van der Waals surface area contributed by atoms with Crippen molar-refractivity contribution in [3.8, 4) is 11.1 Å². The van der Waals surface area contributed by atoms with E-state index in [1.54, 1.807) is 12.1 Å². The molecule has 20 heavy (non-hydrogen) atoms. The van der Waals surface area contributed by atoms with E-state index >= 15 is 0 Å². The summed E-state index contributed by atoms with van der Waals surface area (Å²) in [6.45, 7) is 1.70. The summed E-state index contributed by atoms with van der Waals surface area (Å²) in [6, 6.07) is 10.6. The zero-order valence-electron chi connectivity index (χ0n) is 10.8. The van der Waals surface area contributed by atoms with Crippen LogP contribution in [0, 0.1) is 5.82 Å². The van der Waals surface area contributed by atoms with Gasteiger partial charge in [-0.1, -0.05) is 12.1 Å². The van der Waals surface area contributed by atoms with Gasteiger partial charge in [-0.25, -0.2) is 4.39 Å². The number of ether oxygens (including phenoxy) is 1. The van der Waals surface area contributed by atoms with Gasteiger partial charge >= 0.3 is 0 Å². The standard InChI is InChI=1S/C16H13FN2O/c17-13-3-1-11(2-4-13)12-7-16-15(18-8-12)5-6-19(16)9-14-10-20-14/h1-8,14H,9-10H2. The number of benzene rings is 1. The zero-order chi connectivity index (χ0) is 13.5. The SMILES string of the molecule is Fc1ccc(-c2cnc3ccn(CC4CO4)c3c2)cc1. The third-order valence-corrected chi connectivity index (χ3v) is 3.60. The van der Waals surface area contributed by atoms with E-state index < -0.39 is 0 Å². The highest BCUT2D eigenvalue weighted by Gasteiger charge is 2.23. The lowest BCUT2D eigenvalue weighted by atomic mass is 10.1. The molecule has 3 heterocycles. The molecule has 1 saturated heterocycles. The quantitative estimate of drug-likeness (QED) is 0.683. The molecular formula is C16H13FN2O. The summed E-state index contributed by atoms with van der Waals surface area (Å²) in [4.78, 5) is 4.47. The molecule has 0 aliphatic carbocycles. The number of halogens is 1. The van der Waals surface area contributed by atoms with Gasteiger partial charge in [-0.2, -0.15) is 0 Å². The van der Waals surface area contributed by atoms with E-state index in [1.807, 2.05) is 18.5 Å². The Hall–Kier alpha value is -2.20. The van der Waals surface area contributed by atoms with Gasteiger partial charge in [-0.3, -0.25) is 4.98 Å². The van der Waals surface area contributed by atoms with Crippen LogP contribution in [0.2, 0.25) is 0 Å². The molecule has 3 aromatic rings. The van der Waals surface area contributed by atoms with Crippen LogP contribution in [0.5, 0.6) is 0 Å². The fourth-order valence-electron chi connectivity index (χ4n) is 2.42. The minimum Gasteiger partial charge on any atom is -0.371 e. The van der Waals surface area contributed by atoms with Crippen molar-refractivity contribution in [1.82, 2.24) is 9.55 Å². The summed E-state index contributed by atoms with van der Waals surface area (Å²) in [6.07, 6.45) is 4.20. The second kappa shape index (κ2) is 4.42. The molecule has 4 heteroatoms. The Morgan fingerprint density at radius 3 is 2.75 bits per heavy atom. The smallest absolute Gasteiger partial charge is 0.123 e. The molecule has 0 bridgehead atoms. The first kappa shape index (κ1) is 11.6. The number of fused-ring (bicyclic) bond motifs is 1. The van der Waals surface area contributed by atoms with Crippen LogP contribution < -0.4 is 0 Å². The lowest BCUT2D eigenvalue weighted by molar-refractivity contribution is 0.385. The van der Waals surface area contributed by atoms with Gasteiger partial charge in [0.05, 0.1) is 30.3 Å². The first-order chi connectivity index (χ1) is 9.79. The number of hydrogen-bond donors (Lipinski definition) is 0. The van der Waals surface area contributed by atoms with E-state index in [1.165, 1.54) is 12.1 Å². The minimum atomic E-state index is -0.225. The molecule has 0 radical (unpaired) electrons. The van der Waals surface area contributed by atoms with E-state index in [2.05, 4.69) is 15.6 Å².